The number of nitrogens with zero attached hydrogens (tertiary/aromatic N) is 3. The highest BCUT2D eigenvalue weighted by atomic mass is 35.5. The molecule has 3 aromatic heterocycles. The Bertz CT molecular complexity index is 828. The number of carbonyl (C=O) groups excluding carboxylic acids is 1. The molecule has 0 aliphatic heterocycles. The molecule has 0 bridgehead atoms. The highest BCUT2D eigenvalue weighted by Crippen LogP contribution is 2.18. The first-order chi connectivity index (χ1) is 10.6. The van der Waals surface area contributed by atoms with E-state index < -0.39 is 0 Å². The fourth-order valence-electron chi connectivity index (χ4n) is 2.39. The third-order valence-electron chi connectivity index (χ3n) is 3.45. The number of fused-ring (bicyclic) bond motifs is 1. The molecule has 22 heavy (non-hydrogen) atoms. The smallest absolute Gasteiger partial charge is 0.224 e. The number of aromatic nitrogens is 3. The van der Waals surface area contributed by atoms with Crippen LogP contribution in [-0.4, -0.2) is 20.3 Å². The molecule has 5 nitrogen and oxygen atoms in total. The number of rotatable bonds is 4. The van der Waals surface area contributed by atoms with Gasteiger partial charge >= 0.3 is 0 Å². The van der Waals surface area contributed by atoms with Crippen molar-refractivity contribution in [1.29, 1.82) is 0 Å². The van der Waals surface area contributed by atoms with Crippen molar-refractivity contribution in [3.63, 3.8) is 0 Å². The quantitative estimate of drug-likeness (QED) is 0.752. The van der Waals surface area contributed by atoms with E-state index in [1.807, 2.05) is 35.7 Å². The van der Waals surface area contributed by atoms with Gasteiger partial charge in [0.25, 0.3) is 0 Å². The summed E-state index contributed by atoms with van der Waals surface area (Å²) in [6.45, 7) is 1.96. The molecule has 3 rings (SSSR count). The maximum Gasteiger partial charge on any atom is 0.224 e. The SMILES string of the molecule is Cc1nc2ccccn2c1CCC(=O)Nc1cccnc1Cl. The second-order valence-electron chi connectivity index (χ2n) is 4.96. The van der Waals surface area contributed by atoms with Gasteiger partial charge in [-0.05, 0) is 37.6 Å². The molecular formula is C16H15ClN4O. The van der Waals surface area contributed by atoms with E-state index in [2.05, 4.69) is 15.3 Å². The average molecular weight is 315 g/mol. The summed E-state index contributed by atoms with van der Waals surface area (Å²) in [6.07, 6.45) is 4.51. The van der Waals surface area contributed by atoms with Crippen molar-refractivity contribution in [2.45, 2.75) is 19.8 Å². The molecule has 0 atom stereocenters. The Kier molecular flexibility index (Phi) is 4.06. The predicted molar refractivity (Wildman–Crippen MR) is 86.1 cm³/mol. The molecule has 0 aromatic carbocycles. The topological polar surface area (TPSA) is 59.3 Å². The zero-order chi connectivity index (χ0) is 15.5. The lowest BCUT2D eigenvalue weighted by molar-refractivity contribution is -0.116. The molecule has 0 aliphatic rings. The Morgan fingerprint density at radius 2 is 2.18 bits per heavy atom. The Morgan fingerprint density at radius 3 is 3.00 bits per heavy atom. The van der Waals surface area contributed by atoms with Crippen LogP contribution >= 0.6 is 11.6 Å². The molecule has 112 valence electrons. The van der Waals surface area contributed by atoms with E-state index in [0.717, 1.165) is 17.0 Å². The highest BCUT2D eigenvalue weighted by molar-refractivity contribution is 6.32. The average Bonchev–Trinajstić information content (AvgIpc) is 2.83. The molecular weight excluding hydrogens is 300 g/mol. The Morgan fingerprint density at radius 1 is 1.32 bits per heavy atom. The van der Waals surface area contributed by atoms with Crippen LogP contribution in [0.25, 0.3) is 5.65 Å². The third kappa shape index (κ3) is 2.94. The van der Waals surface area contributed by atoms with Crippen molar-refractivity contribution in [3.8, 4) is 0 Å². The van der Waals surface area contributed by atoms with Crippen molar-refractivity contribution in [3.05, 3.63) is 59.3 Å². The van der Waals surface area contributed by atoms with Crippen molar-refractivity contribution < 1.29 is 4.79 Å². The molecule has 3 aromatic rings. The summed E-state index contributed by atoms with van der Waals surface area (Å²) in [7, 11) is 0. The van der Waals surface area contributed by atoms with Gasteiger partial charge in [0.15, 0.2) is 5.15 Å². The minimum absolute atomic E-state index is 0.0971. The van der Waals surface area contributed by atoms with Crippen LogP contribution in [0.2, 0.25) is 5.15 Å². The molecule has 0 unspecified atom stereocenters. The lowest BCUT2D eigenvalue weighted by Gasteiger charge is -2.07. The Labute approximate surface area is 133 Å². The number of carbonyl (C=O) groups is 1. The van der Waals surface area contributed by atoms with Crippen molar-refractivity contribution in [1.82, 2.24) is 14.4 Å². The number of anilines is 1. The molecule has 1 amide bonds. The summed E-state index contributed by atoms with van der Waals surface area (Å²) in [5.74, 6) is -0.0971. The Balaban J connectivity index is 1.70. The molecule has 0 aliphatic carbocycles. The molecule has 0 saturated carbocycles. The van der Waals surface area contributed by atoms with E-state index in [1.54, 1.807) is 18.3 Å². The minimum Gasteiger partial charge on any atom is -0.323 e. The number of halogens is 1. The maximum absolute atomic E-state index is 12.1. The number of nitrogens with one attached hydrogen (secondary N) is 1. The normalized spacial score (nSPS) is 10.8. The van der Waals surface area contributed by atoms with Crippen LogP contribution in [0.1, 0.15) is 17.8 Å². The lowest BCUT2D eigenvalue weighted by atomic mass is 10.2. The van der Waals surface area contributed by atoms with Crippen molar-refractivity contribution in [2.75, 3.05) is 5.32 Å². The molecule has 0 saturated heterocycles. The second kappa shape index (κ2) is 6.15. The van der Waals surface area contributed by atoms with Gasteiger partial charge in [-0.25, -0.2) is 9.97 Å². The van der Waals surface area contributed by atoms with Crippen LogP contribution in [0.15, 0.2) is 42.7 Å². The predicted octanol–water partition coefficient (Wildman–Crippen LogP) is 3.26. The summed E-state index contributed by atoms with van der Waals surface area (Å²) < 4.78 is 2.01. The van der Waals surface area contributed by atoms with Gasteiger partial charge in [0.05, 0.1) is 11.4 Å². The fraction of sp³-hybridized carbons (Fsp3) is 0.188. The van der Waals surface area contributed by atoms with Gasteiger partial charge in [0, 0.05) is 24.5 Å². The van der Waals surface area contributed by atoms with E-state index in [9.17, 15) is 4.79 Å². The van der Waals surface area contributed by atoms with Gasteiger partial charge in [0.2, 0.25) is 5.91 Å². The van der Waals surface area contributed by atoms with Crippen LogP contribution in [-0.2, 0) is 11.2 Å². The van der Waals surface area contributed by atoms with Crippen LogP contribution < -0.4 is 5.32 Å². The van der Waals surface area contributed by atoms with Gasteiger partial charge in [0.1, 0.15) is 5.65 Å². The maximum atomic E-state index is 12.1. The summed E-state index contributed by atoms with van der Waals surface area (Å²) >= 11 is 5.93. The number of hydrogen-bond donors (Lipinski definition) is 1. The molecule has 0 radical (unpaired) electrons. The fourth-order valence-corrected chi connectivity index (χ4v) is 2.56. The van der Waals surface area contributed by atoms with Gasteiger partial charge in [-0.15, -0.1) is 0 Å². The first kappa shape index (κ1) is 14.5. The Hall–Kier alpha value is -2.40. The van der Waals surface area contributed by atoms with E-state index in [1.165, 1.54) is 0 Å². The van der Waals surface area contributed by atoms with E-state index >= 15 is 0 Å². The number of amides is 1. The minimum atomic E-state index is -0.0971. The number of imidazole rings is 1. The highest BCUT2D eigenvalue weighted by Gasteiger charge is 2.11. The van der Waals surface area contributed by atoms with Crippen LogP contribution in [0.3, 0.4) is 0 Å². The van der Waals surface area contributed by atoms with Crippen molar-refractivity contribution in [2.24, 2.45) is 0 Å². The zero-order valence-corrected chi connectivity index (χ0v) is 12.8. The molecule has 6 heteroatoms. The van der Waals surface area contributed by atoms with E-state index in [-0.39, 0.29) is 5.91 Å². The van der Waals surface area contributed by atoms with Crippen LogP contribution in [0.5, 0.6) is 0 Å². The van der Waals surface area contributed by atoms with Crippen LogP contribution in [0.4, 0.5) is 5.69 Å². The summed E-state index contributed by atoms with van der Waals surface area (Å²) in [6, 6.07) is 9.31. The van der Waals surface area contributed by atoms with Gasteiger partial charge in [-0.3, -0.25) is 4.79 Å². The lowest BCUT2D eigenvalue weighted by Crippen LogP contribution is -2.13. The standard InChI is InChI=1S/C16H15ClN4O/c1-11-13(21-10-3-2-6-14(21)19-11)7-8-15(22)20-12-5-4-9-18-16(12)17/h2-6,9-10H,7-8H2,1H3,(H,20,22). The first-order valence-corrected chi connectivity index (χ1v) is 7.36. The van der Waals surface area contributed by atoms with E-state index in [4.69, 9.17) is 11.6 Å². The second-order valence-corrected chi connectivity index (χ2v) is 5.32. The number of hydrogen-bond acceptors (Lipinski definition) is 3. The number of aryl methyl sites for hydroxylation is 2. The molecule has 0 fully saturated rings. The van der Waals surface area contributed by atoms with E-state index in [0.29, 0.717) is 23.7 Å². The third-order valence-corrected chi connectivity index (χ3v) is 3.75. The van der Waals surface area contributed by atoms with Gasteiger partial charge in [-0.1, -0.05) is 17.7 Å². The molecule has 1 N–H and O–H groups in total. The van der Waals surface area contributed by atoms with Crippen molar-refractivity contribution >= 4 is 28.8 Å². The largest absolute Gasteiger partial charge is 0.323 e. The van der Waals surface area contributed by atoms with Gasteiger partial charge < -0.3 is 9.72 Å². The molecule has 0 spiro atoms. The number of pyridine rings is 2. The van der Waals surface area contributed by atoms with Gasteiger partial charge in [-0.2, -0.15) is 0 Å². The summed E-state index contributed by atoms with van der Waals surface area (Å²) in [5, 5.41) is 3.07. The zero-order valence-electron chi connectivity index (χ0n) is 12.1. The summed E-state index contributed by atoms with van der Waals surface area (Å²) in [4.78, 5) is 20.5. The summed E-state index contributed by atoms with van der Waals surface area (Å²) in [5.41, 5.74) is 3.41. The first-order valence-electron chi connectivity index (χ1n) is 6.98. The monoisotopic (exact) mass is 314 g/mol. The van der Waals surface area contributed by atoms with Crippen LogP contribution in [0, 0.1) is 6.92 Å². The molecule has 3 heterocycles.